The summed E-state index contributed by atoms with van der Waals surface area (Å²) in [6.45, 7) is 2.13. The predicted molar refractivity (Wildman–Crippen MR) is 88.4 cm³/mol. The Hall–Kier alpha value is -2.31. The molecule has 25 heavy (non-hydrogen) atoms. The maximum absolute atomic E-state index is 12.8. The first kappa shape index (κ1) is 17.5. The minimum Gasteiger partial charge on any atom is -0.481 e. The lowest BCUT2D eigenvalue weighted by atomic mass is 9.92. The van der Waals surface area contributed by atoms with E-state index in [1.165, 1.54) is 0 Å². The van der Waals surface area contributed by atoms with Gasteiger partial charge in [-0.3, -0.25) is 14.4 Å². The molecule has 2 atom stereocenters. The van der Waals surface area contributed by atoms with Crippen molar-refractivity contribution in [3.8, 4) is 0 Å². The molecule has 1 aromatic rings. The van der Waals surface area contributed by atoms with Crippen molar-refractivity contribution in [2.75, 3.05) is 19.6 Å². The molecule has 3 rings (SSSR count). The number of piperidine rings is 1. The first-order valence-corrected chi connectivity index (χ1v) is 8.83. The van der Waals surface area contributed by atoms with E-state index in [0.717, 1.165) is 12.8 Å². The first-order chi connectivity index (χ1) is 12.0. The molecule has 0 spiro atoms. The van der Waals surface area contributed by atoms with Crippen molar-refractivity contribution in [2.24, 2.45) is 11.8 Å². The molecular weight excluding hydrogens is 324 g/mol. The smallest absolute Gasteiger partial charge is 0.303 e. The number of hydrogen-bond acceptors (Lipinski definition) is 4. The third-order valence-electron chi connectivity index (χ3n) is 5.09. The highest BCUT2D eigenvalue weighted by Crippen LogP contribution is 2.26. The molecule has 0 aromatic carbocycles. The van der Waals surface area contributed by atoms with Crippen molar-refractivity contribution in [3.05, 3.63) is 24.2 Å². The third-order valence-corrected chi connectivity index (χ3v) is 5.09. The Bertz CT molecular complexity index is 627. The molecule has 2 fully saturated rings. The average Bonchev–Trinajstić information content (AvgIpc) is 3.23. The van der Waals surface area contributed by atoms with Gasteiger partial charge in [0.2, 0.25) is 11.8 Å². The number of amides is 2. The number of hydrogen-bond donors (Lipinski definition) is 1. The van der Waals surface area contributed by atoms with Crippen molar-refractivity contribution in [2.45, 2.75) is 38.6 Å². The number of carbonyl (C=O) groups is 3. The molecule has 2 saturated heterocycles. The van der Waals surface area contributed by atoms with E-state index in [9.17, 15) is 14.4 Å². The molecule has 0 aliphatic carbocycles. The molecule has 2 amide bonds. The van der Waals surface area contributed by atoms with Gasteiger partial charge < -0.3 is 19.3 Å². The molecule has 1 aromatic heterocycles. The number of furan rings is 1. The van der Waals surface area contributed by atoms with Crippen LogP contribution in [0.25, 0.3) is 0 Å². The van der Waals surface area contributed by atoms with Crippen molar-refractivity contribution >= 4 is 17.8 Å². The number of likely N-dealkylation sites (tertiary alicyclic amines) is 2. The molecule has 0 radical (unpaired) electrons. The summed E-state index contributed by atoms with van der Waals surface area (Å²) in [5.74, 6) is -0.137. The average molecular weight is 348 g/mol. The van der Waals surface area contributed by atoms with Crippen LogP contribution in [-0.2, 0) is 20.9 Å². The van der Waals surface area contributed by atoms with Gasteiger partial charge in [0, 0.05) is 32.5 Å². The monoisotopic (exact) mass is 348 g/mol. The molecule has 136 valence electrons. The number of rotatable bonds is 6. The minimum atomic E-state index is -0.793. The fourth-order valence-corrected chi connectivity index (χ4v) is 3.77. The van der Waals surface area contributed by atoms with Crippen LogP contribution in [0.1, 0.15) is 37.9 Å². The lowest BCUT2D eigenvalue weighted by Gasteiger charge is -2.34. The minimum absolute atomic E-state index is 0.0193. The number of carboxylic acid groups (broad SMARTS) is 1. The number of carboxylic acids is 1. The standard InChI is InChI=1S/C18H24N2O5/c21-16-9-14(11-20(16)12-15-4-2-8-25-15)18(24)19-7-1-3-13(10-19)5-6-17(22)23/h2,4,8,13-14H,1,3,5-7,9-12H2,(H,22,23)/t13-,14-/m0/s1. The normalized spacial score (nSPS) is 23.9. The Kier molecular flexibility index (Phi) is 5.40. The largest absolute Gasteiger partial charge is 0.481 e. The second-order valence-electron chi connectivity index (χ2n) is 6.98. The Morgan fingerprint density at radius 2 is 2.16 bits per heavy atom. The summed E-state index contributed by atoms with van der Waals surface area (Å²) < 4.78 is 5.28. The van der Waals surface area contributed by atoms with Crippen LogP contribution in [0, 0.1) is 11.8 Å². The van der Waals surface area contributed by atoms with Crippen molar-refractivity contribution in [1.29, 1.82) is 0 Å². The summed E-state index contributed by atoms with van der Waals surface area (Å²) in [7, 11) is 0. The zero-order chi connectivity index (χ0) is 17.8. The summed E-state index contributed by atoms with van der Waals surface area (Å²) >= 11 is 0. The van der Waals surface area contributed by atoms with Gasteiger partial charge in [-0.2, -0.15) is 0 Å². The van der Waals surface area contributed by atoms with E-state index in [2.05, 4.69) is 0 Å². The van der Waals surface area contributed by atoms with E-state index in [1.54, 1.807) is 17.2 Å². The van der Waals surface area contributed by atoms with Crippen LogP contribution >= 0.6 is 0 Å². The van der Waals surface area contributed by atoms with E-state index in [4.69, 9.17) is 9.52 Å². The van der Waals surface area contributed by atoms with Crippen LogP contribution in [-0.4, -0.2) is 52.3 Å². The Labute approximate surface area is 146 Å². The molecule has 0 bridgehead atoms. The highest BCUT2D eigenvalue weighted by molar-refractivity contribution is 5.89. The lowest BCUT2D eigenvalue weighted by molar-refractivity contribution is -0.138. The summed E-state index contributed by atoms with van der Waals surface area (Å²) in [5.41, 5.74) is 0. The Morgan fingerprint density at radius 1 is 1.32 bits per heavy atom. The summed E-state index contributed by atoms with van der Waals surface area (Å²) in [6.07, 6.45) is 4.43. The number of nitrogens with zero attached hydrogens (tertiary/aromatic N) is 2. The van der Waals surface area contributed by atoms with Gasteiger partial charge in [0.05, 0.1) is 18.7 Å². The summed E-state index contributed by atoms with van der Waals surface area (Å²) in [6, 6.07) is 3.60. The SMILES string of the molecule is O=C(O)CC[C@@H]1CCCN(C(=O)[C@H]2CC(=O)N(Cc3ccco3)C2)C1. The van der Waals surface area contributed by atoms with Gasteiger partial charge in [-0.1, -0.05) is 0 Å². The molecular formula is C18H24N2O5. The van der Waals surface area contributed by atoms with Gasteiger partial charge >= 0.3 is 5.97 Å². The predicted octanol–water partition coefficient (Wildman–Crippen LogP) is 1.73. The fourth-order valence-electron chi connectivity index (χ4n) is 3.77. The molecule has 7 heteroatoms. The van der Waals surface area contributed by atoms with Crippen LogP contribution in [0.2, 0.25) is 0 Å². The highest BCUT2D eigenvalue weighted by Gasteiger charge is 2.37. The van der Waals surface area contributed by atoms with Crippen LogP contribution in [0.3, 0.4) is 0 Å². The number of carbonyl (C=O) groups excluding carboxylic acids is 2. The zero-order valence-electron chi connectivity index (χ0n) is 14.2. The molecule has 1 N–H and O–H groups in total. The van der Waals surface area contributed by atoms with E-state index in [1.807, 2.05) is 11.0 Å². The van der Waals surface area contributed by atoms with E-state index in [0.29, 0.717) is 38.4 Å². The van der Waals surface area contributed by atoms with Gasteiger partial charge in [0.25, 0.3) is 0 Å². The Balaban J connectivity index is 1.53. The van der Waals surface area contributed by atoms with Crippen LogP contribution < -0.4 is 0 Å². The summed E-state index contributed by atoms with van der Waals surface area (Å²) in [4.78, 5) is 39.2. The Morgan fingerprint density at radius 3 is 2.88 bits per heavy atom. The number of aliphatic carboxylic acids is 1. The topological polar surface area (TPSA) is 91.1 Å². The van der Waals surface area contributed by atoms with Crippen LogP contribution in [0.5, 0.6) is 0 Å². The van der Waals surface area contributed by atoms with Crippen LogP contribution in [0.4, 0.5) is 0 Å². The fraction of sp³-hybridized carbons (Fsp3) is 0.611. The lowest BCUT2D eigenvalue weighted by Crippen LogP contribution is -2.43. The highest BCUT2D eigenvalue weighted by atomic mass is 16.4. The maximum Gasteiger partial charge on any atom is 0.303 e. The second-order valence-corrected chi connectivity index (χ2v) is 6.98. The van der Waals surface area contributed by atoms with Crippen molar-refractivity contribution in [3.63, 3.8) is 0 Å². The summed E-state index contributed by atoms with van der Waals surface area (Å²) in [5, 5.41) is 8.82. The molecule has 7 nitrogen and oxygen atoms in total. The van der Waals surface area contributed by atoms with Gasteiger partial charge in [-0.25, -0.2) is 0 Å². The van der Waals surface area contributed by atoms with Gasteiger partial charge in [0.15, 0.2) is 0 Å². The molecule has 3 heterocycles. The van der Waals surface area contributed by atoms with Crippen molar-refractivity contribution in [1.82, 2.24) is 9.80 Å². The van der Waals surface area contributed by atoms with E-state index >= 15 is 0 Å². The molecule has 2 aliphatic rings. The van der Waals surface area contributed by atoms with E-state index in [-0.39, 0.29) is 36.5 Å². The van der Waals surface area contributed by atoms with Crippen LogP contribution in [0.15, 0.2) is 22.8 Å². The van der Waals surface area contributed by atoms with Crippen molar-refractivity contribution < 1.29 is 23.9 Å². The van der Waals surface area contributed by atoms with Gasteiger partial charge in [0.1, 0.15) is 5.76 Å². The van der Waals surface area contributed by atoms with Gasteiger partial charge in [-0.05, 0) is 37.3 Å². The van der Waals surface area contributed by atoms with E-state index < -0.39 is 5.97 Å². The molecule has 0 saturated carbocycles. The van der Waals surface area contributed by atoms with Gasteiger partial charge in [-0.15, -0.1) is 0 Å². The maximum atomic E-state index is 12.8. The quantitative estimate of drug-likeness (QED) is 0.845. The molecule has 2 aliphatic heterocycles. The zero-order valence-corrected chi connectivity index (χ0v) is 14.2. The second kappa shape index (κ2) is 7.72. The molecule has 0 unspecified atom stereocenters. The third kappa shape index (κ3) is 4.41. The first-order valence-electron chi connectivity index (χ1n) is 8.83.